The smallest absolute Gasteiger partial charge is 0.270 e. The van der Waals surface area contributed by atoms with Crippen molar-refractivity contribution in [3.05, 3.63) is 63.9 Å². The molecule has 1 N–H and O–H groups in total. The number of nitriles is 1. The van der Waals surface area contributed by atoms with Gasteiger partial charge in [0.1, 0.15) is 17.6 Å². The SMILES string of the molecule is Cc1nc(C#N)c(NN=Cc2ccc(-c3cccc([N+](=O)[O-])c3)o2)o1. The molecule has 0 aliphatic heterocycles. The number of furan rings is 1. The Bertz CT molecular complexity index is 996. The number of nitrogens with one attached hydrogen (secondary N) is 1. The molecule has 124 valence electrons. The molecule has 2 aromatic heterocycles. The van der Waals surface area contributed by atoms with Crippen molar-refractivity contribution >= 4 is 17.8 Å². The van der Waals surface area contributed by atoms with E-state index in [9.17, 15) is 10.1 Å². The highest BCUT2D eigenvalue weighted by Gasteiger charge is 2.11. The second-order valence-corrected chi connectivity index (χ2v) is 4.90. The molecule has 0 unspecified atom stereocenters. The van der Waals surface area contributed by atoms with Crippen molar-refractivity contribution in [3.63, 3.8) is 0 Å². The first-order valence-corrected chi connectivity index (χ1v) is 7.08. The van der Waals surface area contributed by atoms with E-state index in [0.717, 1.165) is 0 Å². The third kappa shape index (κ3) is 3.53. The van der Waals surface area contributed by atoms with E-state index in [1.165, 1.54) is 18.3 Å². The van der Waals surface area contributed by atoms with Gasteiger partial charge in [0.05, 0.1) is 11.1 Å². The Kier molecular flexibility index (Phi) is 4.26. The molecule has 1 aromatic carbocycles. The topological polar surface area (TPSA) is 130 Å². The van der Waals surface area contributed by atoms with Gasteiger partial charge in [-0.1, -0.05) is 12.1 Å². The number of nitro benzene ring substituents is 1. The number of hydrogen-bond donors (Lipinski definition) is 1. The maximum absolute atomic E-state index is 10.8. The van der Waals surface area contributed by atoms with Crippen LogP contribution in [0, 0.1) is 28.4 Å². The van der Waals surface area contributed by atoms with Gasteiger partial charge >= 0.3 is 0 Å². The number of benzene rings is 1. The molecule has 0 aliphatic carbocycles. The molecule has 0 atom stereocenters. The Morgan fingerprint density at radius 3 is 2.96 bits per heavy atom. The monoisotopic (exact) mass is 337 g/mol. The van der Waals surface area contributed by atoms with E-state index >= 15 is 0 Å². The molecule has 0 saturated heterocycles. The Morgan fingerprint density at radius 2 is 2.20 bits per heavy atom. The summed E-state index contributed by atoms with van der Waals surface area (Å²) < 4.78 is 10.8. The lowest BCUT2D eigenvalue weighted by Crippen LogP contribution is -1.90. The number of nitro groups is 1. The highest BCUT2D eigenvalue weighted by Crippen LogP contribution is 2.25. The molecular formula is C16H11N5O4. The zero-order valence-electron chi connectivity index (χ0n) is 13.0. The molecule has 3 rings (SSSR count). The van der Waals surface area contributed by atoms with Gasteiger partial charge in [-0.25, -0.2) is 10.4 Å². The standard InChI is InChI=1S/C16H11N5O4/c1-10-19-14(8-17)16(24-10)20-18-9-13-5-6-15(25-13)11-3-2-4-12(7-11)21(22)23/h2-7,9,20H,1H3. The van der Waals surface area contributed by atoms with Crippen molar-refractivity contribution in [1.29, 1.82) is 5.26 Å². The molecule has 9 heteroatoms. The van der Waals surface area contributed by atoms with E-state index < -0.39 is 4.92 Å². The summed E-state index contributed by atoms with van der Waals surface area (Å²) in [7, 11) is 0. The fraction of sp³-hybridized carbons (Fsp3) is 0.0625. The summed E-state index contributed by atoms with van der Waals surface area (Å²) >= 11 is 0. The van der Waals surface area contributed by atoms with Gasteiger partial charge in [-0.3, -0.25) is 10.1 Å². The van der Waals surface area contributed by atoms with Crippen molar-refractivity contribution < 1.29 is 13.8 Å². The Balaban J connectivity index is 1.74. The first-order chi connectivity index (χ1) is 12.1. The summed E-state index contributed by atoms with van der Waals surface area (Å²) in [5.74, 6) is 1.38. The lowest BCUT2D eigenvalue weighted by molar-refractivity contribution is -0.384. The second-order valence-electron chi connectivity index (χ2n) is 4.90. The lowest BCUT2D eigenvalue weighted by atomic mass is 10.1. The third-order valence-electron chi connectivity index (χ3n) is 3.17. The number of anilines is 1. The van der Waals surface area contributed by atoms with Crippen LogP contribution in [0.4, 0.5) is 11.6 Å². The van der Waals surface area contributed by atoms with Crippen LogP contribution in [0.5, 0.6) is 0 Å². The Morgan fingerprint density at radius 1 is 1.36 bits per heavy atom. The quantitative estimate of drug-likeness (QED) is 0.428. The Labute approximate surface area is 141 Å². The van der Waals surface area contributed by atoms with Gasteiger partial charge in [-0.05, 0) is 12.1 Å². The summed E-state index contributed by atoms with van der Waals surface area (Å²) in [6.45, 7) is 1.62. The molecule has 9 nitrogen and oxygen atoms in total. The highest BCUT2D eigenvalue weighted by molar-refractivity contribution is 5.78. The van der Waals surface area contributed by atoms with E-state index in [-0.39, 0.29) is 17.3 Å². The second kappa shape index (κ2) is 6.67. The molecule has 0 saturated carbocycles. The van der Waals surface area contributed by atoms with Crippen LogP contribution in [-0.4, -0.2) is 16.1 Å². The van der Waals surface area contributed by atoms with E-state index in [4.69, 9.17) is 14.1 Å². The van der Waals surface area contributed by atoms with Crippen LogP contribution in [0.3, 0.4) is 0 Å². The number of rotatable bonds is 5. The fourth-order valence-corrected chi connectivity index (χ4v) is 2.08. The average Bonchev–Trinajstić information content (AvgIpc) is 3.21. The van der Waals surface area contributed by atoms with Gasteiger partial charge in [0.25, 0.3) is 11.6 Å². The van der Waals surface area contributed by atoms with Crippen molar-refractivity contribution in [2.45, 2.75) is 6.92 Å². The predicted octanol–water partition coefficient (Wildman–Crippen LogP) is 3.47. The maximum atomic E-state index is 10.8. The van der Waals surface area contributed by atoms with Crippen molar-refractivity contribution in [3.8, 4) is 17.4 Å². The molecule has 25 heavy (non-hydrogen) atoms. The fourth-order valence-electron chi connectivity index (χ4n) is 2.08. The van der Waals surface area contributed by atoms with Crippen molar-refractivity contribution in [2.75, 3.05) is 5.43 Å². The van der Waals surface area contributed by atoms with Gasteiger partial charge in [0, 0.05) is 24.6 Å². The van der Waals surface area contributed by atoms with E-state index in [0.29, 0.717) is 23.0 Å². The number of aryl methyl sites for hydroxylation is 1. The van der Waals surface area contributed by atoms with Gasteiger partial charge in [0.2, 0.25) is 5.69 Å². The molecular weight excluding hydrogens is 326 g/mol. The zero-order chi connectivity index (χ0) is 17.8. The minimum Gasteiger partial charge on any atom is -0.455 e. The summed E-state index contributed by atoms with van der Waals surface area (Å²) in [6.07, 6.45) is 1.39. The first-order valence-electron chi connectivity index (χ1n) is 7.08. The molecule has 0 radical (unpaired) electrons. The highest BCUT2D eigenvalue weighted by atomic mass is 16.6. The van der Waals surface area contributed by atoms with E-state index in [1.807, 2.05) is 6.07 Å². The minimum absolute atomic E-state index is 0.0181. The third-order valence-corrected chi connectivity index (χ3v) is 3.17. The van der Waals surface area contributed by atoms with Crippen LogP contribution in [0.2, 0.25) is 0 Å². The number of oxazole rings is 1. The maximum Gasteiger partial charge on any atom is 0.270 e. The molecule has 2 heterocycles. The summed E-state index contributed by atoms with van der Waals surface area (Å²) in [5.41, 5.74) is 3.24. The summed E-state index contributed by atoms with van der Waals surface area (Å²) in [5, 5.41) is 23.7. The molecule has 0 bridgehead atoms. The largest absolute Gasteiger partial charge is 0.455 e. The number of hydrogen-bond acceptors (Lipinski definition) is 8. The van der Waals surface area contributed by atoms with Crippen LogP contribution in [0.25, 0.3) is 11.3 Å². The number of aromatic nitrogens is 1. The number of non-ortho nitro benzene ring substituents is 1. The molecule has 0 aliphatic rings. The van der Waals surface area contributed by atoms with Crippen LogP contribution in [0.1, 0.15) is 17.3 Å². The minimum atomic E-state index is -0.467. The molecule has 0 spiro atoms. The lowest BCUT2D eigenvalue weighted by Gasteiger charge is -1.97. The van der Waals surface area contributed by atoms with E-state index in [2.05, 4.69) is 15.5 Å². The van der Waals surface area contributed by atoms with E-state index in [1.54, 1.807) is 31.2 Å². The van der Waals surface area contributed by atoms with Crippen LogP contribution < -0.4 is 5.43 Å². The Hall–Kier alpha value is -3.93. The van der Waals surface area contributed by atoms with Gasteiger partial charge in [-0.15, -0.1) is 0 Å². The average molecular weight is 337 g/mol. The van der Waals surface area contributed by atoms with Gasteiger partial charge in [0.15, 0.2) is 5.89 Å². The van der Waals surface area contributed by atoms with Crippen LogP contribution in [-0.2, 0) is 0 Å². The van der Waals surface area contributed by atoms with Crippen molar-refractivity contribution in [1.82, 2.24) is 4.98 Å². The first kappa shape index (κ1) is 15.9. The summed E-state index contributed by atoms with van der Waals surface area (Å²) in [6, 6.07) is 11.4. The van der Waals surface area contributed by atoms with Gasteiger partial charge in [-0.2, -0.15) is 10.4 Å². The zero-order valence-corrected chi connectivity index (χ0v) is 13.0. The number of hydrazone groups is 1. The van der Waals surface area contributed by atoms with Crippen LogP contribution >= 0.6 is 0 Å². The number of nitrogens with zero attached hydrogens (tertiary/aromatic N) is 4. The van der Waals surface area contributed by atoms with Crippen molar-refractivity contribution in [2.24, 2.45) is 5.10 Å². The normalized spacial score (nSPS) is 10.7. The van der Waals surface area contributed by atoms with Gasteiger partial charge < -0.3 is 8.83 Å². The molecule has 0 fully saturated rings. The summed E-state index contributed by atoms with van der Waals surface area (Å²) in [4.78, 5) is 14.2. The van der Waals surface area contributed by atoms with Crippen LogP contribution in [0.15, 0.2) is 50.3 Å². The molecule has 0 amide bonds. The molecule has 3 aromatic rings. The predicted molar refractivity (Wildman–Crippen MR) is 88.0 cm³/mol.